The van der Waals surface area contributed by atoms with Crippen molar-refractivity contribution in [1.82, 2.24) is 10.6 Å². The van der Waals surface area contributed by atoms with Crippen molar-refractivity contribution in [1.29, 1.82) is 0 Å². The first-order valence-electron chi connectivity index (χ1n) is 6.29. The molecular formula is C12H23ClN2OS. The van der Waals surface area contributed by atoms with Crippen LogP contribution in [0, 0.1) is 5.92 Å². The molecule has 2 fully saturated rings. The Kier molecular flexibility index (Phi) is 6.10. The van der Waals surface area contributed by atoms with E-state index in [2.05, 4.69) is 17.6 Å². The minimum Gasteiger partial charge on any atom is -0.354 e. The molecule has 1 unspecified atom stereocenters. The Hall–Kier alpha value is 0.0700. The van der Waals surface area contributed by atoms with Crippen LogP contribution in [0.25, 0.3) is 0 Å². The zero-order valence-electron chi connectivity index (χ0n) is 10.5. The van der Waals surface area contributed by atoms with Gasteiger partial charge < -0.3 is 10.6 Å². The van der Waals surface area contributed by atoms with Gasteiger partial charge in [0.2, 0.25) is 5.91 Å². The zero-order chi connectivity index (χ0) is 11.4. The first kappa shape index (κ1) is 15.1. The Morgan fingerprint density at radius 1 is 1.47 bits per heavy atom. The summed E-state index contributed by atoms with van der Waals surface area (Å²) >= 11 is 1.99. The van der Waals surface area contributed by atoms with E-state index >= 15 is 0 Å². The molecule has 100 valence electrons. The first-order valence-corrected chi connectivity index (χ1v) is 7.28. The average Bonchev–Trinajstić information content (AvgIpc) is 2.98. The molecule has 0 bridgehead atoms. The summed E-state index contributed by atoms with van der Waals surface area (Å²) in [5, 5.41) is 6.25. The second kappa shape index (κ2) is 6.86. The molecule has 2 rings (SSSR count). The van der Waals surface area contributed by atoms with Crippen LogP contribution in [-0.2, 0) is 4.79 Å². The number of carbonyl (C=O) groups excluding carboxylic acids is 1. The van der Waals surface area contributed by atoms with E-state index in [4.69, 9.17) is 0 Å². The second-order valence-electron chi connectivity index (χ2n) is 5.25. The Morgan fingerprint density at radius 2 is 2.24 bits per heavy atom. The highest BCUT2D eigenvalue weighted by Gasteiger charge is 2.29. The van der Waals surface area contributed by atoms with E-state index in [1.165, 1.54) is 31.4 Å². The summed E-state index contributed by atoms with van der Waals surface area (Å²) in [6.45, 7) is 4.57. The molecule has 1 amide bonds. The predicted octanol–water partition coefficient (Wildman–Crippen LogP) is 1.81. The van der Waals surface area contributed by atoms with Crippen LogP contribution in [-0.4, -0.2) is 36.0 Å². The molecule has 0 aromatic heterocycles. The van der Waals surface area contributed by atoms with Gasteiger partial charge in [-0.05, 0) is 50.8 Å². The Morgan fingerprint density at radius 3 is 2.82 bits per heavy atom. The molecular weight excluding hydrogens is 256 g/mol. The van der Waals surface area contributed by atoms with Crippen molar-refractivity contribution in [3.63, 3.8) is 0 Å². The first-order chi connectivity index (χ1) is 7.68. The number of rotatable bonds is 6. The number of halogens is 1. The Bertz CT molecular complexity index is 253. The summed E-state index contributed by atoms with van der Waals surface area (Å²) in [6.07, 6.45) is 5.19. The molecule has 1 aliphatic carbocycles. The van der Waals surface area contributed by atoms with Gasteiger partial charge in [-0.3, -0.25) is 4.79 Å². The third kappa shape index (κ3) is 5.49. The van der Waals surface area contributed by atoms with Gasteiger partial charge in [-0.1, -0.05) is 0 Å². The van der Waals surface area contributed by atoms with Gasteiger partial charge in [0, 0.05) is 11.3 Å². The molecule has 3 nitrogen and oxygen atoms in total. The van der Waals surface area contributed by atoms with Crippen molar-refractivity contribution in [3.05, 3.63) is 0 Å². The molecule has 1 heterocycles. The third-order valence-corrected chi connectivity index (χ3v) is 4.91. The highest BCUT2D eigenvalue weighted by molar-refractivity contribution is 8.00. The van der Waals surface area contributed by atoms with Crippen molar-refractivity contribution in [2.24, 2.45) is 5.92 Å². The molecule has 0 aromatic carbocycles. The normalized spacial score (nSPS) is 27.6. The summed E-state index contributed by atoms with van der Waals surface area (Å²) < 4.78 is 0.284. The number of hydrogen-bond donors (Lipinski definition) is 2. The molecule has 1 atom stereocenters. The summed E-state index contributed by atoms with van der Waals surface area (Å²) in [4.78, 5) is 11.6. The van der Waals surface area contributed by atoms with Crippen molar-refractivity contribution in [3.8, 4) is 0 Å². The maximum Gasteiger partial charge on any atom is 0.234 e. The van der Waals surface area contributed by atoms with Crippen LogP contribution in [0.2, 0.25) is 0 Å². The molecule has 0 radical (unpaired) electrons. The molecule has 5 heteroatoms. The fraction of sp³-hybridized carbons (Fsp3) is 0.917. The van der Waals surface area contributed by atoms with E-state index in [0.29, 0.717) is 6.54 Å². The fourth-order valence-corrected chi connectivity index (χ4v) is 3.28. The van der Waals surface area contributed by atoms with E-state index in [1.54, 1.807) is 0 Å². The number of nitrogens with one attached hydrogen (secondary N) is 2. The van der Waals surface area contributed by atoms with Crippen molar-refractivity contribution in [2.45, 2.75) is 37.4 Å². The monoisotopic (exact) mass is 278 g/mol. The van der Waals surface area contributed by atoms with Crippen molar-refractivity contribution in [2.75, 3.05) is 25.4 Å². The summed E-state index contributed by atoms with van der Waals surface area (Å²) in [5.41, 5.74) is 0. The van der Waals surface area contributed by atoms with E-state index < -0.39 is 0 Å². The fourth-order valence-electron chi connectivity index (χ4n) is 2.04. The maximum absolute atomic E-state index is 11.6. The number of amides is 1. The molecule has 2 N–H and O–H groups in total. The van der Waals surface area contributed by atoms with Crippen LogP contribution in [0.15, 0.2) is 0 Å². The van der Waals surface area contributed by atoms with Crippen LogP contribution in [0.4, 0.5) is 0 Å². The number of thioether (sulfide) groups is 1. The number of carbonyl (C=O) groups is 1. The van der Waals surface area contributed by atoms with Gasteiger partial charge in [0.1, 0.15) is 0 Å². The van der Waals surface area contributed by atoms with Crippen molar-refractivity contribution >= 4 is 30.1 Å². The van der Waals surface area contributed by atoms with E-state index in [0.717, 1.165) is 19.0 Å². The lowest BCUT2D eigenvalue weighted by Gasteiger charge is -2.22. The standard InChI is InChI=1S/C12H22N2OS.ClH/c1-12(5-2-6-16-12)9-14-11(15)8-13-7-10-3-4-10;/h10,13H,2-9H2,1H3,(H,14,15);1H. The van der Waals surface area contributed by atoms with Gasteiger partial charge in [0.05, 0.1) is 6.54 Å². The van der Waals surface area contributed by atoms with E-state index in [9.17, 15) is 4.79 Å². The Labute approximate surface area is 114 Å². The maximum atomic E-state index is 11.6. The molecule has 1 saturated heterocycles. The topological polar surface area (TPSA) is 41.1 Å². The predicted molar refractivity (Wildman–Crippen MR) is 75.9 cm³/mol. The van der Waals surface area contributed by atoms with Crippen molar-refractivity contribution < 1.29 is 4.79 Å². The van der Waals surface area contributed by atoms with Gasteiger partial charge in [-0.25, -0.2) is 0 Å². The minimum absolute atomic E-state index is 0. The summed E-state index contributed by atoms with van der Waals surface area (Å²) in [7, 11) is 0. The molecule has 0 spiro atoms. The summed E-state index contributed by atoms with van der Waals surface area (Å²) in [5.74, 6) is 2.23. The molecule has 0 aromatic rings. The number of hydrogen-bond acceptors (Lipinski definition) is 3. The lowest BCUT2D eigenvalue weighted by atomic mass is 10.1. The second-order valence-corrected chi connectivity index (χ2v) is 6.94. The van der Waals surface area contributed by atoms with Gasteiger partial charge in [0.15, 0.2) is 0 Å². The Balaban J connectivity index is 0.00000144. The van der Waals surface area contributed by atoms with Gasteiger partial charge in [-0.2, -0.15) is 11.8 Å². The molecule has 17 heavy (non-hydrogen) atoms. The minimum atomic E-state index is 0. The quantitative estimate of drug-likeness (QED) is 0.779. The van der Waals surface area contributed by atoms with Gasteiger partial charge >= 0.3 is 0 Å². The van der Waals surface area contributed by atoms with Crippen LogP contribution in [0.5, 0.6) is 0 Å². The van der Waals surface area contributed by atoms with Gasteiger partial charge in [0.25, 0.3) is 0 Å². The third-order valence-electron chi connectivity index (χ3n) is 3.38. The van der Waals surface area contributed by atoms with Gasteiger partial charge in [-0.15, -0.1) is 12.4 Å². The largest absolute Gasteiger partial charge is 0.354 e. The average molecular weight is 279 g/mol. The van der Waals surface area contributed by atoms with E-state index in [-0.39, 0.29) is 23.1 Å². The highest BCUT2D eigenvalue weighted by atomic mass is 35.5. The summed E-state index contributed by atoms with van der Waals surface area (Å²) in [6, 6.07) is 0. The van der Waals surface area contributed by atoms with Crippen LogP contribution < -0.4 is 10.6 Å². The molecule has 1 aliphatic heterocycles. The lowest BCUT2D eigenvalue weighted by molar-refractivity contribution is -0.120. The van der Waals surface area contributed by atoms with Crippen LogP contribution in [0.3, 0.4) is 0 Å². The van der Waals surface area contributed by atoms with E-state index in [1.807, 2.05) is 11.8 Å². The van der Waals surface area contributed by atoms with Crippen LogP contribution in [0.1, 0.15) is 32.6 Å². The zero-order valence-corrected chi connectivity index (χ0v) is 12.1. The molecule has 1 saturated carbocycles. The highest BCUT2D eigenvalue weighted by Crippen LogP contribution is 2.36. The molecule has 2 aliphatic rings. The lowest BCUT2D eigenvalue weighted by Crippen LogP contribution is -2.41. The smallest absolute Gasteiger partial charge is 0.234 e. The SMILES string of the molecule is CC1(CNC(=O)CNCC2CC2)CCCS1.Cl. The van der Waals surface area contributed by atoms with Crippen LogP contribution >= 0.6 is 24.2 Å².